The van der Waals surface area contributed by atoms with Crippen LogP contribution in [-0.4, -0.2) is 22.4 Å². The van der Waals surface area contributed by atoms with Gasteiger partial charge in [0, 0.05) is 35.0 Å². The van der Waals surface area contributed by atoms with Crippen molar-refractivity contribution >= 4 is 23.6 Å². The van der Waals surface area contributed by atoms with Gasteiger partial charge in [-0.25, -0.2) is 0 Å². The largest absolute Gasteiger partial charge is 0.353 e. The summed E-state index contributed by atoms with van der Waals surface area (Å²) in [5, 5.41) is 0. The van der Waals surface area contributed by atoms with E-state index in [9.17, 15) is 0 Å². The van der Waals surface area contributed by atoms with Crippen molar-refractivity contribution in [2.75, 3.05) is 0 Å². The van der Waals surface area contributed by atoms with Gasteiger partial charge in [-0.3, -0.25) is 9.98 Å². The smallest absolute Gasteiger partial charge is 0.0729 e. The number of H-pyrrole nitrogens is 2. The Balaban J connectivity index is 1.40. The molecule has 162 valence electrons. The highest BCUT2D eigenvalue weighted by molar-refractivity contribution is 5.90. The molecule has 34 heavy (non-hydrogen) atoms. The van der Waals surface area contributed by atoms with Gasteiger partial charge in [0.05, 0.1) is 22.8 Å². The number of hydrogen-bond donors (Lipinski definition) is 2. The van der Waals surface area contributed by atoms with Gasteiger partial charge in [0.15, 0.2) is 0 Å². The summed E-state index contributed by atoms with van der Waals surface area (Å²) in [7, 11) is 0. The first-order valence-corrected chi connectivity index (χ1v) is 11.3. The Morgan fingerprint density at radius 1 is 0.500 bits per heavy atom. The third kappa shape index (κ3) is 3.71. The number of hydrogen-bond acceptors (Lipinski definition) is 2. The molecule has 0 unspecified atom stereocenters. The van der Waals surface area contributed by atoms with Gasteiger partial charge in [-0.2, -0.15) is 0 Å². The average Bonchev–Trinajstić information content (AvgIpc) is 3.69. The molecule has 2 N–H and O–H groups in total. The number of rotatable bonds is 5. The Kier molecular flexibility index (Phi) is 5.09. The first-order chi connectivity index (χ1) is 16.9. The van der Waals surface area contributed by atoms with Crippen LogP contribution < -0.4 is 0 Å². The minimum atomic E-state index is 0.953. The van der Waals surface area contributed by atoms with Crippen molar-refractivity contribution in [2.45, 2.75) is 0 Å². The van der Waals surface area contributed by atoms with Crippen molar-refractivity contribution in [3.8, 4) is 11.4 Å². The molecule has 0 bridgehead atoms. The Morgan fingerprint density at radius 3 is 1.32 bits per heavy atom. The molecular formula is C30H22N4. The number of nitrogens with one attached hydrogen (secondary N) is 2. The molecule has 2 aliphatic heterocycles. The Labute approximate surface area is 198 Å². The summed E-state index contributed by atoms with van der Waals surface area (Å²) < 4.78 is 0. The lowest BCUT2D eigenvalue weighted by Gasteiger charge is -2.09. The van der Waals surface area contributed by atoms with E-state index in [1.807, 2.05) is 48.9 Å². The summed E-state index contributed by atoms with van der Waals surface area (Å²) in [6.07, 6.45) is 11.7. The zero-order valence-electron chi connectivity index (χ0n) is 18.4. The van der Waals surface area contributed by atoms with Gasteiger partial charge in [-0.15, -0.1) is 0 Å². The van der Waals surface area contributed by atoms with E-state index in [1.54, 1.807) is 0 Å². The number of aliphatic imine (C=N–C) groups is 2. The Hall–Kier alpha value is -4.70. The van der Waals surface area contributed by atoms with Crippen LogP contribution in [0.25, 0.3) is 22.5 Å². The zero-order chi connectivity index (χ0) is 22.7. The van der Waals surface area contributed by atoms with E-state index in [0.717, 1.165) is 56.4 Å². The van der Waals surface area contributed by atoms with Crippen molar-refractivity contribution in [1.29, 1.82) is 0 Å². The molecule has 4 heteroatoms. The van der Waals surface area contributed by atoms with Crippen LogP contribution in [-0.2, 0) is 0 Å². The van der Waals surface area contributed by atoms with E-state index in [4.69, 9.17) is 0 Å². The molecule has 6 rings (SSSR count). The van der Waals surface area contributed by atoms with Crippen LogP contribution in [0.4, 0.5) is 0 Å². The normalized spacial score (nSPS) is 17.1. The lowest BCUT2D eigenvalue weighted by molar-refractivity contribution is 1.27. The molecule has 0 amide bonds. The lowest BCUT2D eigenvalue weighted by atomic mass is 10.0. The van der Waals surface area contributed by atoms with Gasteiger partial charge in [0.2, 0.25) is 0 Å². The van der Waals surface area contributed by atoms with Crippen LogP contribution in [0.2, 0.25) is 0 Å². The predicted octanol–water partition coefficient (Wildman–Crippen LogP) is 6.81. The fourth-order valence-electron chi connectivity index (χ4n) is 4.39. The topological polar surface area (TPSA) is 56.3 Å². The Morgan fingerprint density at radius 2 is 0.941 bits per heavy atom. The summed E-state index contributed by atoms with van der Waals surface area (Å²) in [4.78, 5) is 16.4. The van der Waals surface area contributed by atoms with Gasteiger partial charge in [0.25, 0.3) is 0 Å². The molecule has 0 saturated heterocycles. The van der Waals surface area contributed by atoms with Gasteiger partial charge in [0.1, 0.15) is 0 Å². The van der Waals surface area contributed by atoms with Crippen molar-refractivity contribution < 1.29 is 0 Å². The van der Waals surface area contributed by atoms with Gasteiger partial charge >= 0.3 is 0 Å². The summed E-state index contributed by atoms with van der Waals surface area (Å²) in [5.74, 6) is 0. The summed E-state index contributed by atoms with van der Waals surface area (Å²) in [6.45, 7) is 0. The maximum Gasteiger partial charge on any atom is 0.0729 e. The standard InChI is InChI=1S/C30H22N4/c1-3-9-21(10-4-1)29(25-13-7-19-31-25)27-17-15-23(33-27)24-16-18-28(34-24)30(26-14-8-20-32-26)22-11-5-2-6-12-22/h1-20,33-34H/b29-25-,30-26-. The highest BCUT2D eigenvalue weighted by atomic mass is 14.8. The maximum absolute atomic E-state index is 4.57. The first-order valence-electron chi connectivity index (χ1n) is 11.3. The van der Waals surface area contributed by atoms with Crippen molar-refractivity contribution in [1.82, 2.24) is 9.97 Å². The van der Waals surface area contributed by atoms with Crippen molar-refractivity contribution in [2.24, 2.45) is 9.98 Å². The first kappa shape index (κ1) is 19.9. The van der Waals surface area contributed by atoms with Crippen molar-refractivity contribution in [3.63, 3.8) is 0 Å². The fourth-order valence-corrected chi connectivity index (χ4v) is 4.39. The number of allylic oxidation sites excluding steroid dienone is 4. The van der Waals surface area contributed by atoms with E-state index in [2.05, 4.69) is 92.7 Å². The summed E-state index contributed by atoms with van der Waals surface area (Å²) in [6, 6.07) is 29.2. The lowest BCUT2D eigenvalue weighted by Crippen LogP contribution is -1.93. The zero-order valence-corrected chi connectivity index (χ0v) is 18.4. The predicted molar refractivity (Wildman–Crippen MR) is 141 cm³/mol. The quantitative estimate of drug-likeness (QED) is 0.344. The number of aromatic nitrogens is 2. The highest BCUT2D eigenvalue weighted by Crippen LogP contribution is 2.33. The van der Waals surface area contributed by atoms with Crippen LogP contribution in [0.1, 0.15) is 22.5 Å². The molecule has 2 aromatic heterocycles. The second-order valence-electron chi connectivity index (χ2n) is 8.10. The second-order valence-corrected chi connectivity index (χ2v) is 8.10. The monoisotopic (exact) mass is 438 g/mol. The molecule has 4 heterocycles. The van der Waals surface area contributed by atoms with Crippen LogP contribution in [0.5, 0.6) is 0 Å². The second kappa shape index (κ2) is 8.68. The SMILES string of the molecule is C1=C/C(=C(\c2ccccc2)c2ccc(-c3ccc(/C(=C4/C=CC=N4)c4ccccc4)[nH]3)[nH]2)N=C1. The third-order valence-corrected chi connectivity index (χ3v) is 5.95. The molecule has 4 nitrogen and oxygen atoms in total. The molecule has 2 aliphatic rings. The van der Waals surface area contributed by atoms with Gasteiger partial charge in [-0.05, 0) is 59.7 Å². The molecule has 0 spiro atoms. The van der Waals surface area contributed by atoms with Crippen LogP contribution in [0, 0.1) is 0 Å². The highest BCUT2D eigenvalue weighted by Gasteiger charge is 2.17. The van der Waals surface area contributed by atoms with E-state index in [-0.39, 0.29) is 0 Å². The molecule has 0 fully saturated rings. The van der Waals surface area contributed by atoms with Gasteiger partial charge in [-0.1, -0.05) is 60.7 Å². The minimum Gasteiger partial charge on any atom is -0.353 e. The molecule has 4 aromatic rings. The third-order valence-electron chi connectivity index (χ3n) is 5.95. The molecule has 0 saturated carbocycles. The van der Waals surface area contributed by atoms with Crippen LogP contribution >= 0.6 is 0 Å². The minimum absolute atomic E-state index is 0.953. The Bertz CT molecular complexity index is 1370. The summed E-state index contributed by atoms with van der Waals surface area (Å²) in [5.41, 5.74) is 10.4. The number of aromatic amines is 2. The molecule has 0 radical (unpaired) electrons. The number of benzene rings is 2. The fraction of sp³-hybridized carbons (Fsp3) is 0. The van der Waals surface area contributed by atoms with Gasteiger partial charge < -0.3 is 9.97 Å². The maximum atomic E-state index is 4.57. The summed E-state index contributed by atoms with van der Waals surface area (Å²) >= 11 is 0. The van der Waals surface area contributed by atoms with E-state index >= 15 is 0 Å². The van der Waals surface area contributed by atoms with Crippen LogP contribution in [0.3, 0.4) is 0 Å². The number of nitrogens with zero attached hydrogens (tertiary/aromatic N) is 2. The van der Waals surface area contributed by atoms with Crippen molar-refractivity contribution in [3.05, 3.63) is 143 Å². The van der Waals surface area contributed by atoms with E-state index < -0.39 is 0 Å². The molecule has 0 aliphatic carbocycles. The van der Waals surface area contributed by atoms with Crippen LogP contribution in [0.15, 0.2) is 131 Å². The van der Waals surface area contributed by atoms with E-state index in [1.165, 1.54) is 0 Å². The molecular weight excluding hydrogens is 416 g/mol. The average molecular weight is 439 g/mol. The molecule has 2 aromatic carbocycles. The molecule has 0 atom stereocenters. The van der Waals surface area contributed by atoms with E-state index in [0.29, 0.717) is 0 Å².